The lowest BCUT2D eigenvalue weighted by molar-refractivity contribution is 0.670. The van der Waals surface area contributed by atoms with Crippen molar-refractivity contribution < 1.29 is 4.42 Å². The first-order valence-electron chi connectivity index (χ1n) is 20.4. The summed E-state index contributed by atoms with van der Waals surface area (Å²) in [6, 6.07) is 75.0. The average molecular weight is 781 g/mol. The number of aromatic nitrogens is 4. The van der Waals surface area contributed by atoms with Crippen LogP contribution in [0, 0.1) is 0 Å². The van der Waals surface area contributed by atoms with Crippen LogP contribution in [0.1, 0.15) is 0 Å². The maximum absolute atomic E-state index is 6.76. The van der Waals surface area contributed by atoms with Crippen LogP contribution in [0.2, 0.25) is 0 Å². The van der Waals surface area contributed by atoms with E-state index < -0.39 is 0 Å². The minimum absolute atomic E-state index is 0.686. The number of para-hydroxylation sites is 1. The normalized spacial score (nSPS) is 11.3. The second-order valence-corrected chi connectivity index (χ2v) is 15.0. The van der Waals surface area contributed by atoms with Crippen molar-refractivity contribution >= 4 is 21.9 Å². The first-order valence-corrected chi connectivity index (χ1v) is 20.4. The van der Waals surface area contributed by atoms with Gasteiger partial charge < -0.3 is 4.42 Å². The number of hydrogen-bond donors (Lipinski definition) is 0. The third-order valence-corrected chi connectivity index (χ3v) is 11.1. The van der Waals surface area contributed by atoms with Crippen molar-refractivity contribution in [3.63, 3.8) is 0 Å². The summed E-state index contributed by atoms with van der Waals surface area (Å²) in [6.07, 6.45) is 0. The molecule has 0 N–H and O–H groups in total. The molecule has 0 bridgehead atoms. The van der Waals surface area contributed by atoms with Crippen molar-refractivity contribution in [2.75, 3.05) is 0 Å². The molecule has 0 radical (unpaired) electrons. The monoisotopic (exact) mass is 780 g/mol. The van der Waals surface area contributed by atoms with Gasteiger partial charge in [-0.3, -0.25) is 0 Å². The van der Waals surface area contributed by atoms with Crippen LogP contribution in [-0.2, 0) is 0 Å². The Labute approximate surface area is 353 Å². The highest BCUT2D eigenvalue weighted by atomic mass is 16.3. The van der Waals surface area contributed by atoms with Crippen molar-refractivity contribution in [1.82, 2.24) is 19.9 Å². The topological polar surface area (TPSA) is 64.7 Å². The Morgan fingerprint density at radius 2 is 0.689 bits per heavy atom. The van der Waals surface area contributed by atoms with E-state index >= 15 is 0 Å². The first-order chi connectivity index (χ1) is 30.2. The number of hydrogen-bond acceptors (Lipinski definition) is 5. The Morgan fingerprint density at radius 1 is 0.279 bits per heavy atom. The van der Waals surface area contributed by atoms with E-state index in [1.54, 1.807) is 0 Å². The Bertz CT molecular complexity index is 3210. The molecule has 61 heavy (non-hydrogen) atoms. The maximum atomic E-state index is 6.76. The van der Waals surface area contributed by atoms with E-state index in [1.807, 2.05) is 84.9 Å². The molecule has 3 heterocycles. The van der Waals surface area contributed by atoms with Crippen molar-refractivity contribution in [1.29, 1.82) is 0 Å². The quantitative estimate of drug-likeness (QED) is 0.154. The summed E-state index contributed by atoms with van der Waals surface area (Å²) in [5.74, 6) is 1.38. The van der Waals surface area contributed by atoms with Gasteiger partial charge in [0.1, 0.15) is 11.2 Å². The summed E-state index contributed by atoms with van der Waals surface area (Å²) in [7, 11) is 0. The number of fused-ring (bicyclic) bond motifs is 3. The third-order valence-electron chi connectivity index (χ3n) is 11.1. The van der Waals surface area contributed by atoms with E-state index in [9.17, 15) is 0 Å². The molecule has 0 fully saturated rings. The molecule has 0 amide bonds. The number of benzene rings is 8. The van der Waals surface area contributed by atoms with E-state index in [1.165, 1.54) is 0 Å². The lowest BCUT2D eigenvalue weighted by Gasteiger charge is -2.12. The standard InChI is InChI=1S/C56H36N4O/c1-5-16-38(17-6-1)48-35-50(59-55(57-48)41-20-9-3-10-21-41)40-30-28-37(29-31-40)45-32-33-46(54-53(45)47-26-13-14-27-52(47)61-54)43-24-15-25-44(34-43)51-36-49(39-18-7-2-8-19-39)58-56(60-51)42-22-11-4-12-23-42/h1-36H. The molecular formula is C56H36N4O. The van der Waals surface area contributed by atoms with Gasteiger partial charge in [0, 0.05) is 49.7 Å². The van der Waals surface area contributed by atoms with E-state index in [-0.39, 0.29) is 0 Å². The molecule has 3 aromatic heterocycles. The predicted molar refractivity (Wildman–Crippen MR) is 248 cm³/mol. The average Bonchev–Trinajstić information content (AvgIpc) is 3.75. The third kappa shape index (κ3) is 6.94. The van der Waals surface area contributed by atoms with Crippen molar-refractivity contribution in [2.24, 2.45) is 0 Å². The summed E-state index contributed by atoms with van der Waals surface area (Å²) in [6.45, 7) is 0. The Hall–Kier alpha value is -8.28. The number of furan rings is 1. The van der Waals surface area contributed by atoms with Crippen LogP contribution in [0.3, 0.4) is 0 Å². The minimum Gasteiger partial charge on any atom is -0.455 e. The summed E-state index contributed by atoms with van der Waals surface area (Å²) in [5.41, 5.74) is 15.4. The lowest BCUT2D eigenvalue weighted by Crippen LogP contribution is -1.96. The van der Waals surface area contributed by atoms with Crippen LogP contribution in [-0.4, -0.2) is 19.9 Å². The first kappa shape index (κ1) is 35.8. The predicted octanol–water partition coefficient (Wildman–Crippen LogP) is 14.5. The largest absolute Gasteiger partial charge is 0.455 e. The summed E-state index contributed by atoms with van der Waals surface area (Å²) >= 11 is 0. The van der Waals surface area contributed by atoms with Gasteiger partial charge in [-0.15, -0.1) is 0 Å². The number of nitrogens with zero attached hydrogens (tertiary/aromatic N) is 4. The van der Waals surface area contributed by atoms with Gasteiger partial charge in [0.25, 0.3) is 0 Å². The summed E-state index contributed by atoms with van der Waals surface area (Å²) in [4.78, 5) is 20.2. The highest BCUT2D eigenvalue weighted by molar-refractivity contribution is 6.16. The van der Waals surface area contributed by atoms with Crippen LogP contribution in [0.5, 0.6) is 0 Å². The highest BCUT2D eigenvalue weighted by Crippen LogP contribution is 2.43. The fourth-order valence-electron chi connectivity index (χ4n) is 8.10. The zero-order chi connectivity index (χ0) is 40.5. The second-order valence-electron chi connectivity index (χ2n) is 15.0. The van der Waals surface area contributed by atoms with Gasteiger partial charge >= 0.3 is 0 Å². The molecular weight excluding hydrogens is 745 g/mol. The molecule has 0 saturated heterocycles. The van der Waals surface area contributed by atoms with E-state index in [4.69, 9.17) is 24.4 Å². The molecule has 286 valence electrons. The van der Waals surface area contributed by atoms with Gasteiger partial charge in [-0.25, -0.2) is 19.9 Å². The molecule has 0 aliphatic carbocycles. The van der Waals surface area contributed by atoms with Gasteiger partial charge in [0.15, 0.2) is 11.6 Å². The van der Waals surface area contributed by atoms with Crippen LogP contribution in [0.4, 0.5) is 0 Å². The molecule has 11 rings (SSSR count). The molecule has 11 aromatic rings. The van der Waals surface area contributed by atoms with E-state index in [0.29, 0.717) is 11.6 Å². The Kier molecular flexibility index (Phi) is 9.10. The Morgan fingerprint density at radius 3 is 1.25 bits per heavy atom. The van der Waals surface area contributed by atoms with Crippen molar-refractivity contribution in [2.45, 2.75) is 0 Å². The zero-order valence-corrected chi connectivity index (χ0v) is 33.0. The zero-order valence-electron chi connectivity index (χ0n) is 33.0. The smallest absolute Gasteiger partial charge is 0.160 e. The number of rotatable bonds is 8. The molecule has 5 nitrogen and oxygen atoms in total. The summed E-state index contributed by atoms with van der Waals surface area (Å²) < 4.78 is 6.76. The molecule has 0 saturated carbocycles. The molecule has 5 heteroatoms. The maximum Gasteiger partial charge on any atom is 0.160 e. The molecule has 0 aliphatic rings. The van der Waals surface area contributed by atoms with Gasteiger partial charge in [-0.05, 0) is 47.0 Å². The van der Waals surface area contributed by atoms with Crippen LogP contribution in [0.25, 0.3) is 112 Å². The van der Waals surface area contributed by atoms with Crippen LogP contribution >= 0.6 is 0 Å². The molecule has 0 atom stereocenters. The van der Waals surface area contributed by atoms with Crippen molar-refractivity contribution in [3.05, 3.63) is 218 Å². The second kappa shape index (κ2) is 15.5. The van der Waals surface area contributed by atoms with Gasteiger partial charge in [-0.1, -0.05) is 188 Å². The van der Waals surface area contributed by atoms with Crippen LogP contribution < -0.4 is 0 Å². The van der Waals surface area contributed by atoms with Gasteiger partial charge in [0.05, 0.1) is 22.8 Å². The SMILES string of the molecule is c1ccc(-c2cc(-c3ccc(-c4ccc(-c5cccc(-c6cc(-c7ccccc7)nc(-c7ccccc7)n6)c5)c5oc6ccccc6c45)cc3)nc(-c3ccccc3)n2)cc1. The summed E-state index contributed by atoms with van der Waals surface area (Å²) in [5, 5.41) is 2.15. The molecule has 0 unspecified atom stereocenters. The van der Waals surface area contributed by atoms with E-state index in [2.05, 4.69) is 133 Å². The van der Waals surface area contributed by atoms with Gasteiger partial charge in [-0.2, -0.15) is 0 Å². The molecule has 0 aliphatic heterocycles. The van der Waals surface area contributed by atoms with Crippen molar-refractivity contribution in [3.8, 4) is 90.1 Å². The fourth-order valence-corrected chi connectivity index (χ4v) is 8.10. The molecule has 0 spiro atoms. The highest BCUT2D eigenvalue weighted by Gasteiger charge is 2.19. The van der Waals surface area contributed by atoms with Gasteiger partial charge in [0.2, 0.25) is 0 Å². The van der Waals surface area contributed by atoms with Crippen LogP contribution in [0.15, 0.2) is 223 Å². The lowest BCUT2D eigenvalue weighted by atomic mass is 9.93. The molecule has 8 aromatic carbocycles. The minimum atomic E-state index is 0.686. The van der Waals surface area contributed by atoms with E-state index in [0.717, 1.165) is 100 Å². The fraction of sp³-hybridized carbons (Fsp3) is 0. The Balaban J connectivity index is 1.00.